The summed E-state index contributed by atoms with van der Waals surface area (Å²) >= 11 is 0. The Balaban J connectivity index is 1.59. The molecule has 2 atom stereocenters. The zero-order valence-corrected chi connectivity index (χ0v) is 18.8. The van der Waals surface area contributed by atoms with Crippen LogP contribution >= 0.6 is 0 Å². The normalized spacial score (nSPS) is 22.4. The van der Waals surface area contributed by atoms with E-state index in [-0.39, 0.29) is 11.5 Å². The predicted molar refractivity (Wildman–Crippen MR) is 121 cm³/mol. The van der Waals surface area contributed by atoms with E-state index in [4.69, 9.17) is 0 Å². The summed E-state index contributed by atoms with van der Waals surface area (Å²) in [5.41, 5.74) is 2.15. The standard InChI is InChI=1S/C23H25N3O5S/c1-16-8-10-19(11-9-16)25-17(2)22(28)24(23(25)29)14-21(27)26(18-6-4-3-5-7-18)20-12-13-32(30,31)15-20/h3-11,17,20H,12-15H2,1-2H3. The number of rotatable bonds is 5. The molecule has 2 fully saturated rings. The zero-order valence-electron chi connectivity index (χ0n) is 18.0. The van der Waals surface area contributed by atoms with E-state index in [1.54, 1.807) is 49.4 Å². The maximum Gasteiger partial charge on any atom is 0.332 e. The second-order valence-corrected chi connectivity index (χ2v) is 10.5. The first kappa shape index (κ1) is 22.0. The van der Waals surface area contributed by atoms with Crippen LogP contribution in [0.5, 0.6) is 0 Å². The number of nitrogens with zero attached hydrogens (tertiary/aromatic N) is 3. The first-order chi connectivity index (χ1) is 15.2. The number of hydrogen-bond donors (Lipinski definition) is 0. The van der Waals surface area contributed by atoms with Crippen molar-refractivity contribution in [1.29, 1.82) is 0 Å². The van der Waals surface area contributed by atoms with Crippen molar-refractivity contribution >= 4 is 39.1 Å². The van der Waals surface area contributed by atoms with Crippen LogP contribution in [0.4, 0.5) is 16.2 Å². The number of amides is 4. The van der Waals surface area contributed by atoms with Crippen molar-refractivity contribution in [2.24, 2.45) is 0 Å². The highest BCUT2D eigenvalue weighted by Gasteiger charge is 2.45. The third-order valence-electron chi connectivity index (χ3n) is 5.93. The largest absolute Gasteiger partial charge is 0.332 e. The smallest absolute Gasteiger partial charge is 0.307 e. The number of carbonyl (C=O) groups is 3. The molecule has 0 radical (unpaired) electrons. The minimum Gasteiger partial charge on any atom is -0.307 e. The molecule has 0 aliphatic carbocycles. The van der Waals surface area contributed by atoms with Crippen molar-refractivity contribution in [3.63, 3.8) is 0 Å². The van der Waals surface area contributed by atoms with Gasteiger partial charge in [-0.05, 0) is 44.5 Å². The maximum atomic E-state index is 13.3. The Kier molecular flexibility index (Phi) is 5.77. The number of hydrogen-bond acceptors (Lipinski definition) is 5. The summed E-state index contributed by atoms with van der Waals surface area (Å²) in [6.07, 6.45) is 0.316. The van der Waals surface area contributed by atoms with Gasteiger partial charge in [0.1, 0.15) is 12.6 Å². The summed E-state index contributed by atoms with van der Waals surface area (Å²) in [6, 6.07) is 14.1. The minimum atomic E-state index is -3.24. The van der Waals surface area contributed by atoms with E-state index in [0.717, 1.165) is 10.5 Å². The quantitative estimate of drug-likeness (QED) is 0.645. The van der Waals surface area contributed by atoms with E-state index in [2.05, 4.69) is 0 Å². The Morgan fingerprint density at radius 1 is 1.06 bits per heavy atom. The number of carbonyl (C=O) groups excluding carboxylic acids is 3. The number of benzene rings is 2. The SMILES string of the molecule is Cc1ccc(N2C(=O)N(CC(=O)N(c3ccccc3)C3CCS(=O)(=O)C3)C(=O)C2C)cc1. The van der Waals surface area contributed by atoms with Crippen LogP contribution in [0.15, 0.2) is 54.6 Å². The average molecular weight is 456 g/mol. The molecule has 2 unspecified atom stereocenters. The fourth-order valence-corrected chi connectivity index (χ4v) is 5.95. The Labute approximate surface area is 187 Å². The van der Waals surface area contributed by atoms with Gasteiger partial charge in [-0.1, -0.05) is 35.9 Å². The summed E-state index contributed by atoms with van der Waals surface area (Å²) in [5, 5.41) is 0. The van der Waals surface area contributed by atoms with Gasteiger partial charge in [0.05, 0.1) is 17.5 Å². The molecule has 0 N–H and O–H groups in total. The van der Waals surface area contributed by atoms with Crippen LogP contribution in [0.2, 0.25) is 0 Å². The molecule has 0 saturated carbocycles. The van der Waals surface area contributed by atoms with E-state index >= 15 is 0 Å². The van der Waals surface area contributed by atoms with Gasteiger partial charge in [-0.2, -0.15) is 0 Å². The molecule has 2 aromatic rings. The van der Waals surface area contributed by atoms with Crippen molar-refractivity contribution in [2.75, 3.05) is 27.9 Å². The topological polar surface area (TPSA) is 95.1 Å². The summed E-state index contributed by atoms with van der Waals surface area (Å²) in [6.45, 7) is 3.11. The van der Waals surface area contributed by atoms with Crippen molar-refractivity contribution < 1.29 is 22.8 Å². The summed E-state index contributed by atoms with van der Waals surface area (Å²) in [7, 11) is -3.24. The molecule has 0 aromatic heterocycles. The Hall–Kier alpha value is -3.20. The lowest BCUT2D eigenvalue weighted by Gasteiger charge is -2.29. The van der Waals surface area contributed by atoms with Crippen LogP contribution in [-0.2, 0) is 19.4 Å². The number of sulfone groups is 1. The zero-order chi connectivity index (χ0) is 23.0. The van der Waals surface area contributed by atoms with E-state index in [1.807, 2.05) is 19.1 Å². The number of urea groups is 1. The monoisotopic (exact) mass is 455 g/mol. The molecule has 9 heteroatoms. The third kappa shape index (κ3) is 4.12. The number of anilines is 2. The lowest BCUT2D eigenvalue weighted by atomic mass is 10.1. The third-order valence-corrected chi connectivity index (χ3v) is 7.68. The van der Waals surface area contributed by atoms with Gasteiger partial charge in [0.15, 0.2) is 9.84 Å². The Bertz CT molecular complexity index is 1150. The van der Waals surface area contributed by atoms with E-state index < -0.39 is 46.3 Å². The average Bonchev–Trinajstić information content (AvgIpc) is 3.21. The first-order valence-electron chi connectivity index (χ1n) is 10.5. The highest BCUT2D eigenvalue weighted by atomic mass is 32.2. The molecule has 2 aliphatic rings. The van der Waals surface area contributed by atoms with Crippen LogP contribution in [-0.4, -0.2) is 61.3 Å². The fraction of sp³-hybridized carbons (Fsp3) is 0.348. The summed E-state index contributed by atoms with van der Waals surface area (Å²) in [5.74, 6) is -1.08. The lowest BCUT2D eigenvalue weighted by Crippen LogP contribution is -2.48. The van der Waals surface area contributed by atoms with E-state index in [9.17, 15) is 22.8 Å². The molecule has 32 heavy (non-hydrogen) atoms. The fourth-order valence-electron chi connectivity index (χ4n) is 4.25. The first-order valence-corrected chi connectivity index (χ1v) is 12.3. The van der Waals surface area contributed by atoms with Gasteiger partial charge < -0.3 is 4.90 Å². The molecule has 0 bridgehead atoms. The molecule has 8 nitrogen and oxygen atoms in total. The van der Waals surface area contributed by atoms with Crippen LogP contribution in [0.1, 0.15) is 18.9 Å². The maximum absolute atomic E-state index is 13.3. The molecule has 2 aromatic carbocycles. The Morgan fingerprint density at radius 2 is 1.72 bits per heavy atom. The second-order valence-electron chi connectivity index (χ2n) is 8.24. The molecule has 4 amide bonds. The number of imide groups is 1. The highest BCUT2D eigenvalue weighted by molar-refractivity contribution is 7.91. The predicted octanol–water partition coefficient (Wildman–Crippen LogP) is 2.37. The van der Waals surface area contributed by atoms with Gasteiger partial charge in [0.25, 0.3) is 5.91 Å². The van der Waals surface area contributed by atoms with E-state index in [1.165, 1.54) is 9.80 Å². The summed E-state index contributed by atoms with van der Waals surface area (Å²) in [4.78, 5) is 43.1. The summed E-state index contributed by atoms with van der Waals surface area (Å²) < 4.78 is 24.1. The molecule has 0 spiro atoms. The van der Waals surface area contributed by atoms with Crippen LogP contribution in [0.25, 0.3) is 0 Å². The molecule has 168 valence electrons. The number of para-hydroxylation sites is 1. The lowest BCUT2D eigenvalue weighted by molar-refractivity contribution is -0.131. The van der Waals surface area contributed by atoms with Crippen LogP contribution in [0, 0.1) is 6.92 Å². The van der Waals surface area contributed by atoms with Gasteiger partial charge >= 0.3 is 6.03 Å². The minimum absolute atomic E-state index is 0.00803. The van der Waals surface area contributed by atoms with Gasteiger partial charge in [-0.3, -0.25) is 19.4 Å². The van der Waals surface area contributed by atoms with Crippen LogP contribution < -0.4 is 9.80 Å². The number of aryl methyl sites for hydroxylation is 1. The second kappa shape index (κ2) is 8.38. The van der Waals surface area contributed by atoms with E-state index in [0.29, 0.717) is 17.8 Å². The Morgan fingerprint density at radius 3 is 2.31 bits per heavy atom. The molecule has 2 aliphatic heterocycles. The van der Waals surface area contributed by atoms with Crippen molar-refractivity contribution in [3.8, 4) is 0 Å². The highest BCUT2D eigenvalue weighted by Crippen LogP contribution is 2.28. The van der Waals surface area contributed by atoms with Gasteiger partial charge in [-0.15, -0.1) is 0 Å². The van der Waals surface area contributed by atoms with Crippen molar-refractivity contribution in [1.82, 2.24) is 4.90 Å². The van der Waals surface area contributed by atoms with Crippen LogP contribution in [0.3, 0.4) is 0 Å². The van der Waals surface area contributed by atoms with Gasteiger partial charge in [0.2, 0.25) is 5.91 Å². The van der Waals surface area contributed by atoms with Crippen molar-refractivity contribution in [3.05, 3.63) is 60.2 Å². The van der Waals surface area contributed by atoms with Crippen molar-refractivity contribution in [2.45, 2.75) is 32.4 Å². The molecular formula is C23H25N3O5S. The molecule has 2 saturated heterocycles. The molecule has 4 rings (SSSR count). The van der Waals surface area contributed by atoms with Gasteiger partial charge in [0, 0.05) is 11.4 Å². The molecular weight excluding hydrogens is 430 g/mol. The van der Waals surface area contributed by atoms with Gasteiger partial charge in [-0.25, -0.2) is 13.2 Å². The molecule has 2 heterocycles.